The van der Waals surface area contributed by atoms with Gasteiger partial charge in [0.25, 0.3) is 0 Å². The largest absolute Gasteiger partial charge is 0.504 e. The van der Waals surface area contributed by atoms with Gasteiger partial charge in [0.15, 0.2) is 11.5 Å². The summed E-state index contributed by atoms with van der Waals surface area (Å²) in [5.41, 5.74) is 5.21. The highest BCUT2D eigenvalue weighted by Crippen LogP contribution is 2.31. The number of aromatic nitrogens is 1. The monoisotopic (exact) mass is 639 g/mol. The van der Waals surface area contributed by atoms with E-state index in [1.165, 1.54) is 31.2 Å². The Kier molecular flexibility index (Phi) is 6.65. The molecule has 0 aliphatic heterocycles. The lowest BCUT2D eigenvalue weighted by atomic mass is 10.2. The second-order valence-corrected chi connectivity index (χ2v) is 9.41. The summed E-state index contributed by atoms with van der Waals surface area (Å²) in [6.45, 7) is 0.535. The molecule has 2 N–H and O–H groups in total. The van der Waals surface area contributed by atoms with Crippen molar-refractivity contribution in [1.82, 2.24) is 9.99 Å². The minimum absolute atomic E-state index is 0.0162. The molecule has 6 nitrogen and oxygen atoms in total. The number of aromatic hydroxyl groups is 1. The molecular weight excluding hydrogens is 620 g/mol. The molecule has 0 radical (unpaired) electrons. The van der Waals surface area contributed by atoms with Gasteiger partial charge >= 0.3 is 0 Å². The van der Waals surface area contributed by atoms with Gasteiger partial charge in [-0.3, -0.25) is 4.79 Å². The second kappa shape index (κ2) is 9.43. The van der Waals surface area contributed by atoms with Crippen LogP contribution in [0, 0.1) is 7.14 Å². The number of amides is 1. The SMILES string of the molecule is COc1cccc(/C=N/NC(=O)CCn2c3ccc(I)cc3c3cc(I)ccc32)c1O. The number of para-hydroxylation sites is 1. The first kappa shape index (κ1) is 21.9. The van der Waals surface area contributed by atoms with E-state index in [2.05, 4.69) is 96.7 Å². The van der Waals surface area contributed by atoms with Crippen molar-refractivity contribution < 1.29 is 14.6 Å². The van der Waals surface area contributed by atoms with E-state index in [1.54, 1.807) is 18.2 Å². The lowest BCUT2D eigenvalue weighted by Crippen LogP contribution is -2.19. The van der Waals surface area contributed by atoms with Crippen molar-refractivity contribution >= 4 is 79.1 Å². The maximum Gasteiger partial charge on any atom is 0.241 e. The average molecular weight is 639 g/mol. The number of carbonyl (C=O) groups is 1. The third-order valence-corrected chi connectivity index (χ3v) is 6.34. The molecule has 0 fully saturated rings. The number of carbonyl (C=O) groups excluding carboxylic acids is 1. The zero-order valence-electron chi connectivity index (χ0n) is 16.6. The molecule has 1 amide bonds. The summed E-state index contributed by atoms with van der Waals surface area (Å²) >= 11 is 4.64. The maximum absolute atomic E-state index is 12.4. The first-order chi connectivity index (χ1) is 15.0. The van der Waals surface area contributed by atoms with Crippen LogP contribution in [0.3, 0.4) is 0 Å². The van der Waals surface area contributed by atoms with Gasteiger partial charge in [-0.05, 0) is 93.7 Å². The number of rotatable bonds is 6. The molecule has 0 spiro atoms. The van der Waals surface area contributed by atoms with Crippen molar-refractivity contribution in [3.8, 4) is 11.5 Å². The number of hydrogen-bond acceptors (Lipinski definition) is 4. The summed E-state index contributed by atoms with van der Waals surface area (Å²) in [5, 5.41) is 16.4. The number of phenols is 1. The Hall–Kier alpha value is -2.34. The van der Waals surface area contributed by atoms with Gasteiger partial charge in [-0.15, -0.1) is 0 Å². The van der Waals surface area contributed by atoms with Crippen molar-refractivity contribution in [1.29, 1.82) is 0 Å². The van der Waals surface area contributed by atoms with Crippen LogP contribution in [-0.4, -0.2) is 28.9 Å². The Labute approximate surface area is 206 Å². The molecule has 158 valence electrons. The highest BCUT2D eigenvalue weighted by Gasteiger charge is 2.13. The van der Waals surface area contributed by atoms with E-state index in [0.717, 1.165) is 11.0 Å². The van der Waals surface area contributed by atoms with E-state index >= 15 is 0 Å². The highest BCUT2D eigenvalue weighted by atomic mass is 127. The number of nitrogens with one attached hydrogen (secondary N) is 1. The van der Waals surface area contributed by atoms with Crippen LogP contribution >= 0.6 is 45.2 Å². The van der Waals surface area contributed by atoms with Crippen LogP contribution in [0.5, 0.6) is 11.5 Å². The van der Waals surface area contributed by atoms with Gasteiger partial charge in [0.05, 0.1) is 13.3 Å². The predicted molar refractivity (Wildman–Crippen MR) is 140 cm³/mol. The number of halogens is 2. The molecule has 0 aliphatic carbocycles. The molecule has 0 aliphatic rings. The van der Waals surface area contributed by atoms with Crippen molar-refractivity contribution in [3.05, 3.63) is 67.3 Å². The Bertz CT molecular complexity index is 1260. The van der Waals surface area contributed by atoms with Crippen molar-refractivity contribution in [2.24, 2.45) is 5.10 Å². The van der Waals surface area contributed by atoms with E-state index < -0.39 is 0 Å². The summed E-state index contributed by atoms with van der Waals surface area (Å²) in [6.07, 6.45) is 1.68. The summed E-state index contributed by atoms with van der Waals surface area (Å²) < 4.78 is 9.60. The molecule has 8 heteroatoms. The van der Waals surface area contributed by atoms with Gasteiger partial charge in [0.2, 0.25) is 5.91 Å². The van der Waals surface area contributed by atoms with Crippen LogP contribution in [0.4, 0.5) is 0 Å². The van der Waals surface area contributed by atoms with Gasteiger partial charge in [-0.2, -0.15) is 5.10 Å². The molecule has 0 unspecified atom stereocenters. The number of fused-ring (bicyclic) bond motifs is 3. The van der Waals surface area contributed by atoms with Gasteiger partial charge < -0.3 is 14.4 Å². The van der Waals surface area contributed by atoms with E-state index in [9.17, 15) is 9.90 Å². The van der Waals surface area contributed by atoms with Crippen LogP contribution < -0.4 is 10.2 Å². The van der Waals surface area contributed by atoms with Crippen molar-refractivity contribution in [3.63, 3.8) is 0 Å². The van der Waals surface area contributed by atoms with Gasteiger partial charge in [0, 0.05) is 47.5 Å². The lowest BCUT2D eigenvalue weighted by molar-refractivity contribution is -0.121. The average Bonchev–Trinajstić information content (AvgIpc) is 3.05. The van der Waals surface area contributed by atoms with Gasteiger partial charge in [-0.1, -0.05) is 6.07 Å². The number of phenolic OH excluding ortho intramolecular Hbond substituents is 1. The standard InChI is InChI=1S/C23H19I2N3O3/c1-31-21-4-2-3-14(23(21)30)13-26-27-22(29)9-10-28-19-7-5-15(24)11-17(19)18-12-16(25)6-8-20(18)28/h2-8,11-13,30H,9-10H2,1H3,(H,27,29)/b26-13+. The van der Waals surface area contributed by atoms with E-state index in [1.807, 2.05) is 0 Å². The van der Waals surface area contributed by atoms with E-state index in [4.69, 9.17) is 4.74 Å². The van der Waals surface area contributed by atoms with Crippen LogP contribution in [0.15, 0.2) is 59.7 Å². The summed E-state index contributed by atoms with van der Waals surface area (Å²) in [7, 11) is 1.48. The molecular formula is C23H19I2N3O3. The molecule has 0 saturated carbocycles. The second-order valence-electron chi connectivity index (χ2n) is 6.92. The Morgan fingerprint density at radius 1 is 1.10 bits per heavy atom. The third-order valence-electron chi connectivity index (χ3n) is 4.99. The minimum Gasteiger partial charge on any atom is -0.504 e. The Morgan fingerprint density at radius 2 is 1.74 bits per heavy atom. The Balaban J connectivity index is 1.51. The first-order valence-electron chi connectivity index (χ1n) is 9.53. The number of nitrogens with zero attached hydrogens (tertiary/aromatic N) is 2. The number of benzene rings is 3. The maximum atomic E-state index is 12.4. The highest BCUT2D eigenvalue weighted by molar-refractivity contribution is 14.1. The minimum atomic E-state index is -0.204. The van der Waals surface area contributed by atoms with Crippen molar-refractivity contribution in [2.75, 3.05) is 7.11 Å². The van der Waals surface area contributed by atoms with E-state index in [-0.39, 0.29) is 18.1 Å². The van der Waals surface area contributed by atoms with Crippen LogP contribution in [0.1, 0.15) is 12.0 Å². The zero-order chi connectivity index (χ0) is 22.0. The normalized spacial score (nSPS) is 11.5. The van der Waals surface area contributed by atoms with Crippen LogP contribution in [0.25, 0.3) is 21.8 Å². The molecule has 3 aromatic carbocycles. The van der Waals surface area contributed by atoms with Gasteiger partial charge in [-0.25, -0.2) is 5.43 Å². The van der Waals surface area contributed by atoms with Crippen LogP contribution in [0.2, 0.25) is 0 Å². The lowest BCUT2D eigenvalue weighted by Gasteiger charge is -2.07. The van der Waals surface area contributed by atoms with E-state index in [0.29, 0.717) is 17.9 Å². The fourth-order valence-electron chi connectivity index (χ4n) is 3.54. The molecule has 1 heterocycles. The molecule has 31 heavy (non-hydrogen) atoms. The van der Waals surface area contributed by atoms with Crippen molar-refractivity contribution in [2.45, 2.75) is 13.0 Å². The number of ether oxygens (including phenoxy) is 1. The fourth-order valence-corrected chi connectivity index (χ4v) is 4.52. The molecule has 1 aromatic heterocycles. The first-order valence-corrected chi connectivity index (χ1v) is 11.7. The topological polar surface area (TPSA) is 75.8 Å². The molecule has 4 rings (SSSR count). The molecule has 4 aromatic rings. The molecule has 0 atom stereocenters. The zero-order valence-corrected chi connectivity index (χ0v) is 20.9. The molecule has 0 bridgehead atoms. The fraction of sp³-hybridized carbons (Fsp3) is 0.130. The van der Waals surface area contributed by atoms with Crippen LogP contribution in [-0.2, 0) is 11.3 Å². The van der Waals surface area contributed by atoms with Gasteiger partial charge in [0.1, 0.15) is 0 Å². The smallest absolute Gasteiger partial charge is 0.241 e. The summed E-state index contributed by atoms with van der Waals surface area (Å²) in [5.74, 6) is 0.133. The third kappa shape index (κ3) is 4.64. The summed E-state index contributed by atoms with van der Waals surface area (Å²) in [6, 6.07) is 17.8. The number of aryl methyl sites for hydroxylation is 1. The Morgan fingerprint density at radius 3 is 2.35 bits per heavy atom. The number of methoxy groups -OCH3 is 1. The number of hydrogen-bond donors (Lipinski definition) is 2. The molecule has 0 saturated heterocycles. The number of hydrazone groups is 1. The predicted octanol–water partition coefficient (Wildman–Crippen LogP) is 5.26. The quantitative estimate of drug-likeness (QED) is 0.172. The summed E-state index contributed by atoms with van der Waals surface area (Å²) in [4.78, 5) is 12.4.